The van der Waals surface area contributed by atoms with E-state index in [9.17, 15) is 8.42 Å². The third-order valence-electron chi connectivity index (χ3n) is 2.01. The average Bonchev–Trinajstić information content (AvgIpc) is 2.34. The quantitative estimate of drug-likeness (QED) is 0.869. The molecule has 0 aliphatic rings. The fraction of sp³-hybridized carbons (Fsp3) is 0. The maximum absolute atomic E-state index is 12.1. The lowest BCUT2D eigenvalue weighted by Gasteiger charge is -2.10. The molecule has 6 nitrogen and oxygen atoms in total. The SMILES string of the molecule is O=S(=O)(Nc1c(Cl)ncnc1Cl)c1cnccc1Cl. The summed E-state index contributed by atoms with van der Waals surface area (Å²) in [5, 5.41) is -0.223. The summed E-state index contributed by atoms with van der Waals surface area (Å²) in [4.78, 5) is 10.8. The molecule has 2 heterocycles. The van der Waals surface area contributed by atoms with Crippen LogP contribution in [-0.2, 0) is 10.0 Å². The Morgan fingerprint density at radius 3 is 2.32 bits per heavy atom. The molecule has 1 N–H and O–H groups in total. The van der Waals surface area contributed by atoms with Gasteiger partial charge >= 0.3 is 0 Å². The predicted octanol–water partition coefficient (Wildman–Crippen LogP) is 2.63. The summed E-state index contributed by atoms with van der Waals surface area (Å²) in [6.45, 7) is 0. The van der Waals surface area contributed by atoms with Gasteiger partial charge in [0.1, 0.15) is 16.9 Å². The van der Waals surface area contributed by atoms with E-state index in [2.05, 4.69) is 19.7 Å². The van der Waals surface area contributed by atoms with E-state index in [1.807, 2.05) is 0 Å². The van der Waals surface area contributed by atoms with Crippen LogP contribution in [0.1, 0.15) is 0 Å². The van der Waals surface area contributed by atoms with Crippen LogP contribution in [-0.4, -0.2) is 23.4 Å². The Hall–Kier alpha value is -1.15. The second kappa shape index (κ2) is 5.46. The van der Waals surface area contributed by atoms with Crippen LogP contribution >= 0.6 is 34.8 Å². The molecule has 2 rings (SSSR count). The molecule has 10 heteroatoms. The molecule has 19 heavy (non-hydrogen) atoms. The number of nitrogens with zero attached hydrogens (tertiary/aromatic N) is 3. The molecule has 2 aromatic rings. The Balaban J connectivity index is 2.46. The van der Waals surface area contributed by atoms with Gasteiger partial charge in [0.25, 0.3) is 10.0 Å². The van der Waals surface area contributed by atoms with Crippen LogP contribution in [0.25, 0.3) is 0 Å². The predicted molar refractivity (Wildman–Crippen MR) is 72.1 cm³/mol. The molecule has 2 aromatic heterocycles. The topological polar surface area (TPSA) is 84.8 Å². The lowest BCUT2D eigenvalue weighted by Crippen LogP contribution is -2.15. The van der Waals surface area contributed by atoms with Crippen LogP contribution in [0, 0.1) is 0 Å². The normalized spacial score (nSPS) is 11.3. The van der Waals surface area contributed by atoms with Crippen molar-refractivity contribution in [2.45, 2.75) is 4.90 Å². The van der Waals surface area contributed by atoms with Gasteiger partial charge in [-0.15, -0.1) is 0 Å². The number of hydrogen-bond acceptors (Lipinski definition) is 5. The molecule has 0 aliphatic carbocycles. The van der Waals surface area contributed by atoms with E-state index in [0.717, 1.165) is 12.5 Å². The van der Waals surface area contributed by atoms with Crippen molar-refractivity contribution in [1.82, 2.24) is 15.0 Å². The van der Waals surface area contributed by atoms with Crippen LogP contribution < -0.4 is 4.72 Å². The number of nitrogens with one attached hydrogen (secondary N) is 1. The maximum atomic E-state index is 12.1. The number of hydrogen-bond donors (Lipinski definition) is 1. The molecule has 0 atom stereocenters. The molecule has 0 saturated heterocycles. The second-order valence-corrected chi connectivity index (χ2v) is 6.02. The minimum atomic E-state index is -3.98. The van der Waals surface area contributed by atoms with Crippen molar-refractivity contribution in [2.24, 2.45) is 0 Å². The summed E-state index contributed by atoms with van der Waals surface area (Å²) in [6, 6.07) is 1.35. The molecular formula is C9H5Cl3N4O2S. The number of halogens is 3. The highest BCUT2D eigenvalue weighted by Crippen LogP contribution is 2.29. The summed E-state index contributed by atoms with van der Waals surface area (Å²) >= 11 is 17.3. The minimum Gasteiger partial charge on any atom is -0.273 e. The molecule has 0 spiro atoms. The standard InChI is InChI=1S/C9H5Cl3N4O2S/c10-5-1-2-13-3-6(5)19(17,18)16-7-8(11)14-4-15-9(7)12/h1-4,16H. The monoisotopic (exact) mass is 338 g/mol. The zero-order valence-corrected chi connectivity index (χ0v) is 12.1. The molecule has 0 aliphatic heterocycles. The maximum Gasteiger partial charge on any atom is 0.265 e. The van der Waals surface area contributed by atoms with Crippen LogP contribution in [0.15, 0.2) is 29.7 Å². The van der Waals surface area contributed by atoms with Gasteiger partial charge < -0.3 is 0 Å². The Kier molecular flexibility index (Phi) is 4.10. The fourth-order valence-electron chi connectivity index (χ4n) is 1.18. The first kappa shape index (κ1) is 14.3. The van der Waals surface area contributed by atoms with E-state index in [1.54, 1.807) is 0 Å². The van der Waals surface area contributed by atoms with Crippen molar-refractivity contribution < 1.29 is 8.42 Å². The summed E-state index contributed by atoms with van der Waals surface area (Å²) < 4.78 is 26.4. The molecule has 0 fully saturated rings. The van der Waals surface area contributed by atoms with Crippen molar-refractivity contribution >= 4 is 50.5 Å². The van der Waals surface area contributed by atoms with Crippen molar-refractivity contribution in [2.75, 3.05) is 4.72 Å². The average molecular weight is 340 g/mol. The van der Waals surface area contributed by atoms with Gasteiger partial charge in [0.2, 0.25) is 0 Å². The van der Waals surface area contributed by atoms with E-state index in [1.165, 1.54) is 12.3 Å². The number of aromatic nitrogens is 3. The van der Waals surface area contributed by atoms with Crippen molar-refractivity contribution in [1.29, 1.82) is 0 Å². The van der Waals surface area contributed by atoms with Crippen LogP contribution in [0.3, 0.4) is 0 Å². The summed E-state index contributed by atoms with van der Waals surface area (Å²) in [6.07, 6.45) is 3.59. The van der Waals surface area contributed by atoms with E-state index < -0.39 is 10.0 Å². The van der Waals surface area contributed by atoms with Crippen LogP contribution in [0.4, 0.5) is 5.69 Å². The zero-order chi connectivity index (χ0) is 14.0. The molecule has 0 amide bonds. The first-order valence-electron chi connectivity index (χ1n) is 4.70. The van der Waals surface area contributed by atoms with Gasteiger partial charge in [0.05, 0.1) is 5.02 Å². The second-order valence-electron chi connectivity index (χ2n) is 3.24. The van der Waals surface area contributed by atoms with Crippen molar-refractivity contribution in [3.63, 3.8) is 0 Å². The Labute approximate surface area is 123 Å². The lowest BCUT2D eigenvalue weighted by molar-refractivity contribution is 0.601. The van der Waals surface area contributed by atoms with E-state index in [0.29, 0.717) is 0 Å². The highest BCUT2D eigenvalue weighted by atomic mass is 35.5. The fourth-order valence-corrected chi connectivity index (χ4v) is 3.21. The zero-order valence-electron chi connectivity index (χ0n) is 9.01. The first-order valence-corrected chi connectivity index (χ1v) is 7.32. The van der Waals surface area contributed by atoms with E-state index in [4.69, 9.17) is 34.8 Å². The van der Waals surface area contributed by atoms with E-state index in [-0.39, 0.29) is 25.9 Å². The molecular weight excluding hydrogens is 335 g/mol. The number of anilines is 1. The molecule has 0 saturated carbocycles. The van der Waals surface area contributed by atoms with E-state index >= 15 is 0 Å². The highest BCUT2D eigenvalue weighted by Gasteiger charge is 2.21. The molecule has 100 valence electrons. The first-order chi connectivity index (χ1) is 8.92. The number of sulfonamides is 1. The van der Waals surface area contributed by atoms with Crippen molar-refractivity contribution in [3.8, 4) is 0 Å². The molecule has 0 radical (unpaired) electrons. The van der Waals surface area contributed by atoms with Gasteiger partial charge in [-0.2, -0.15) is 0 Å². The summed E-state index contributed by atoms with van der Waals surface area (Å²) in [5.41, 5.74) is -0.120. The number of pyridine rings is 1. The Bertz CT molecular complexity index is 703. The smallest absolute Gasteiger partial charge is 0.265 e. The van der Waals surface area contributed by atoms with Crippen LogP contribution in [0.5, 0.6) is 0 Å². The van der Waals surface area contributed by atoms with Crippen molar-refractivity contribution in [3.05, 3.63) is 40.1 Å². The minimum absolute atomic E-state index is 0.0200. The third kappa shape index (κ3) is 3.06. The van der Waals surface area contributed by atoms with Gasteiger partial charge in [0.15, 0.2) is 10.3 Å². The van der Waals surface area contributed by atoms with Gasteiger partial charge in [-0.05, 0) is 6.07 Å². The van der Waals surface area contributed by atoms with Gasteiger partial charge in [-0.3, -0.25) is 9.71 Å². The Morgan fingerprint density at radius 1 is 1.11 bits per heavy atom. The summed E-state index contributed by atoms with van der Waals surface area (Å²) in [5.74, 6) is 0. The van der Waals surface area contributed by atoms with Gasteiger partial charge in [-0.25, -0.2) is 18.4 Å². The highest BCUT2D eigenvalue weighted by molar-refractivity contribution is 7.92. The molecule has 0 unspecified atom stereocenters. The van der Waals surface area contributed by atoms with Gasteiger partial charge in [-0.1, -0.05) is 34.8 Å². The van der Waals surface area contributed by atoms with Crippen LogP contribution in [0.2, 0.25) is 15.3 Å². The Morgan fingerprint density at radius 2 is 1.74 bits per heavy atom. The third-order valence-corrected chi connectivity index (χ3v) is 4.41. The van der Waals surface area contributed by atoms with Gasteiger partial charge in [0, 0.05) is 12.4 Å². The lowest BCUT2D eigenvalue weighted by atomic mass is 10.5. The largest absolute Gasteiger partial charge is 0.273 e. The number of rotatable bonds is 3. The molecule has 0 aromatic carbocycles. The molecule has 0 bridgehead atoms. The summed E-state index contributed by atoms with van der Waals surface area (Å²) in [7, 11) is -3.98.